The average molecular weight is 263 g/mol. The molecule has 0 amide bonds. The summed E-state index contributed by atoms with van der Waals surface area (Å²) >= 11 is 0. The highest BCUT2D eigenvalue weighted by Gasteiger charge is 2.12. The maximum absolute atomic E-state index is 5.73. The Morgan fingerprint density at radius 3 is 2.25 bits per heavy atom. The standard InChI is InChI=1S/C12H18N2.2ClH/c13-10-11-6-2-3-7-12(11)14-8-4-1-5-9-14;;/h2-3,6-7H,1,4-5,8-10,13H2;2*1H. The quantitative estimate of drug-likeness (QED) is 0.888. The molecule has 0 saturated carbocycles. The zero-order valence-electron chi connectivity index (χ0n) is 9.39. The highest BCUT2D eigenvalue weighted by Crippen LogP contribution is 2.23. The molecule has 0 spiro atoms. The van der Waals surface area contributed by atoms with Crippen LogP contribution in [0.4, 0.5) is 5.69 Å². The van der Waals surface area contributed by atoms with Gasteiger partial charge in [-0.25, -0.2) is 0 Å². The first-order valence-electron chi connectivity index (χ1n) is 5.45. The first-order valence-corrected chi connectivity index (χ1v) is 5.45. The molecule has 2 N–H and O–H groups in total. The zero-order chi connectivity index (χ0) is 9.80. The summed E-state index contributed by atoms with van der Waals surface area (Å²) in [5.41, 5.74) is 8.35. The topological polar surface area (TPSA) is 29.3 Å². The first kappa shape index (κ1) is 15.6. The van der Waals surface area contributed by atoms with Gasteiger partial charge in [-0.3, -0.25) is 0 Å². The number of para-hydroxylation sites is 1. The molecule has 0 unspecified atom stereocenters. The summed E-state index contributed by atoms with van der Waals surface area (Å²) < 4.78 is 0. The minimum Gasteiger partial charge on any atom is -0.371 e. The largest absolute Gasteiger partial charge is 0.371 e. The Balaban J connectivity index is 0.00000112. The van der Waals surface area contributed by atoms with Crippen molar-refractivity contribution in [1.29, 1.82) is 0 Å². The van der Waals surface area contributed by atoms with Gasteiger partial charge in [-0.05, 0) is 30.9 Å². The van der Waals surface area contributed by atoms with E-state index in [-0.39, 0.29) is 24.8 Å². The van der Waals surface area contributed by atoms with Crippen molar-refractivity contribution in [3.05, 3.63) is 29.8 Å². The molecule has 1 aromatic carbocycles. The molecule has 16 heavy (non-hydrogen) atoms. The summed E-state index contributed by atoms with van der Waals surface area (Å²) in [6, 6.07) is 8.48. The molecule has 1 aliphatic rings. The number of hydrogen-bond acceptors (Lipinski definition) is 2. The predicted octanol–water partition coefficient (Wildman–Crippen LogP) is 2.98. The number of halogens is 2. The van der Waals surface area contributed by atoms with Crippen LogP contribution in [0.1, 0.15) is 24.8 Å². The van der Waals surface area contributed by atoms with Crippen LogP contribution in [0.3, 0.4) is 0 Å². The van der Waals surface area contributed by atoms with E-state index in [9.17, 15) is 0 Å². The first-order chi connectivity index (χ1) is 6.92. The summed E-state index contributed by atoms with van der Waals surface area (Å²) in [5.74, 6) is 0. The molecule has 2 rings (SSSR count). The molecule has 1 fully saturated rings. The Morgan fingerprint density at radius 1 is 1.00 bits per heavy atom. The minimum atomic E-state index is 0. The van der Waals surface area contributed by atoms with Crippen LogP contribution in [0.25, 0.3) is 0 Å². The lowest BCUT2D eigenvalue weighted by Crippen LogP contribution is -2.30. The zero-order valence-corrected chi connectivity index (χ0v) is 11.0. The van der Waals surface area contributed by atoms with E-state index in [4.69, 9.17) is 5.73 Å². The second kappa shape index (κ2) is 7.77. The van der Waals surface area contributed by atoms with Gasteiger partial charge in [0.2, 0.25) is 0 Å². The van der Waals surface area contributed by atoms with Crippen molar-refractivity contribution in [2.45, 2.75) is 25.8 Å². The Labute approximate surface area is 110 Å². The van der Waals surface area contributed by atoms with Crippen LogP contribution < -0.4 is 10.6 Å². The van der Waals surface area contributed by atoms with Crippen molar-refractivity contribution < 1.29 is 0 Å². The number of hydrogen-bond donors (Lipinski definition) is 1. The maximum Gasteiger partial charge on any atom is 0.0411 e. The fourth-order valence-corrected chi connectivity index (χ4v) is 2.13. The van der Waals surface area contributed by atoms with E-state index in [1.807, 2.05) is 0 Å². The Hall–Kier alpha value is -0.440. The molecular formula is C12H20Cl2N2. The van der Waals surface area contributed by atoms with E-state index >= 15 is 0 Å². The van der Waals surface area contributed by atoms with E-state index in [0.29, 0.717) is 6.54 Å². The molecule has 0 radical (unpaired) electrons. The van der Waals surface area contributed by atoms with Gasteiger partial charge in [-0.15, -0.1) is 24.8 Å². The third kappa shape index (κ3) is 3.55. The highest BCUT2D eigenvalue weighted by atomic mass is 35.5. The van der Waals surface area contributed by atoms with Gasteiger partial charge in [-0.1, -0.05) is 18.2 Å². The molecule has 0 aliphatic carbocycles. The fraction of sp³-hybridized carbons (Fsp3) is 0.500. The van der Waals surface area contributed by atoms with Crippen LogP contribution in [-0.4, -0.2) is 13.1 Å². The van der Waals surface area contributed by atoms with Gasteiger partial charge in [-0.2, -0.15) is 0 Å². The maximum atomic E-state index is 5.73. The molecule has 0 bridgehead atoms. The highest BCUT2D eigenvalue weighted by molar-refractivity contribution is 5.85. The second-order valence-corrected chi connectivity index (χ2v) is 3.88. The third-order valence-electron chi connectivity index (χ3n) is 2.91. The predicted molar refractivity (Wildman–Crippen MR) is 74.9 cm³/mol. The van der Waals surface area contributed by atoms with Crippen molar-refractivity contribution in [2.24, 2.45) is 5.73 Å². The Kier molecular flexibility index (Phi) is 7.56. The number of benzene rings is 1. The van der Waals surface area contributed by atoms with Crippen molar-refractivity contribution >= 4 is 30.5 Å². The second-order valence-electron chi connectivity index (χ2n) is 3.88. The minimum absolute atomic E-state index is 0. The Morgan fingerprint density at radius 2 is 1.62 bits per heavy atom. The molecule has 4 heteroatoms. The third-order valence-corrected chi connectivity index (χ3v) is 2.91. The van der Waals surface area contributed by atoms with Gasteiger partial charge in [0.25, 0.3) is 0 Å². The lowest BCUT2D eigenvalue weighted by Gasteiger charge is -2.30. The van der Waals surface area contributed by atoms with Gasteiger partial charge in [0.05, 0.1) is 0 Å². The monoisotopic (exact) mass is 262 g/mol. The lowest BCUT2D eigenvalue weighted by atomic mass is 10.1. The Bertz CT molecular complexity index is 299. The molecule has 1 aliphatic heterocycles. The summed E-state index contributed by atoms with van der Waals surface area (Å²) in [5, 5.41) is 0. The molecule has 92 valence electrons. The summed E-state index contributed by atoms with van der Waals surface area (Å²) in [7, 11) is 0. The van der Waals surface area contributed by atoms with Crippen molar-refractivity contribution in [3.8, 4) is 0 Å². The molecule has 2 nitrogen and oxygen atoms in total. The van der Waals surface area contributed by atoms with E-state index in [2.05, 4.69) is 29.2 Å². The van der Waals surface area contributed by atoms with E-state index in [1.165, 1.54) is 43.6 Å². The van der Waals surface area contributed by atoms with Crippen LogP contribution in [0.15, 0.2) is 24.3 Å². The summed E-state index contributed by atoms with van der Waals surface area (Å²) in [4.78, 5) is 2.46. The number of anilines is 1. The van der Waals surface area contributed by atoms with E-state index in [0.717, 1.165) is 0 Å². The smallest absolute Gasteiger partial charge is 0.0411 e. The van der Waals surface area contributed by atoms with Crippen LogP contribution >= 0.6 is 24.8 Å². The number of rotatable bonds is 2. The van der Waals surface area contributed by atoms with Gasteiger partial charge in [0.15, 0.2) is 0 Å². The van der Waals surface area contributed by atoms with Crippen molar-refractivity contribution in [3.63, 3.8) is 0 Å². The number of nitrogens with zero attached hydrogens (tertiary/aromatic N) is 1. The molecule has 1 heterocycles. The number of nitrogens with two attached hydrogens (primary N) is 1. The van der Waals surface area contributed by atoms with E-state index in [1.54, 1.807) is 0 Å². The average Bonchev–Trinajstić information content (AvgIpc) is 2.30. The van der Waals surface area contributed by atoms with Gasteiger partial charge >= 0.3 is 0 Å². The van der Waals surface area contributed by atoms with E-state index < -0.39 is 0 Å². The van der Waals surface area contributed by atoms with Gasteiger partial charge in [0.1, 0.15) is 0 Å². The van der Waals surface area contributed by atoms with Crippen LogP contribution in [-0.2, 0) is 6.54 Å². The fourth-order valence-electron chi connectivity index (χ4n) is 2.13. The van der Waals surface area contributed by atoms with Crippen LogP contribution in [0.2, 0.25) is 0 Å². The molecule has 0 aromatic heterocycles. The number of piperidine rings is 1. The van der Waals surface area contributed by atoms with Crippen molar-refractivity contribution in [2.75, 3.05) is 18.0 Å². The normalized spacial score (nSPS) is 14.9. The van der Waals surface area contributed by atoms with Crippen molar-refractivity contribution in [1.82, 2.24) is 0 Å². The summed E-state index contributed by atoms with van der Waals surface area (Å²) in [6.45, 7) is 3.03. The SMILES string of the molecule is Cl.Cl.NCc1ccccc1N1CCCCC1. The lowest BCUT2D eigenvalue weighted by molar-refractivity contribution is 0.576. The van der Waals surface area contributed by atoms with Gasteiger partial charge in [0, 0.05) is 25.3 Å². The molecule has 1 saturated heterocycles. The summed E-state index contributed by atoms with van der Waals surface area (Å²) in [6.07, 6.45) is 4.01. The molecular weight excluding hydrogens is 243 g/mol. The van der Waals surface area contributed by atoms with Crippen LogP contribution in [0.5, 0.6) is 0 Å². The van der Waals surface area contributed by atoms with Gasteiger partial charge < -0.3 is 10.6 Å². The molecule has 0 atom stereocenters. The van der Waals surface area contributed by atoms with Crippen LogP contribution in [0, 0.1) is 0 Å². The molecule has 1 aromatic rings.